The van der Waals surface area contributed by atoms with Crippen molar-refractivity contribution in [3.8, 4) is 0 Å². The molecule has 1 aliphatic heterocycles. The maximum absolute atomic E-state index is 13.2. The zero-order valence-electron chi connectivity index (χ0n) is 18.4. The van der Waals surface area contributed by atoms with E-state index in [1.807, 2.05) is 66.7 Å². The number of pyridine rings is 1. The molecular formula is C27H20Cl2N4OS. The summed E-state index contributed by atoms with van der Waals surface area (Å²) in [6, 6.07) is 23.7. The van der Waals surface area contributed by atoms with Crippen molar-refractivity contribution < 1.29 is 4.79 Å². The second-order valence-electron chi connectivity index (χ2n) is 8.04. The van der Waals surface area contributed by atoms with E-state index in [1.165, 1.54) is 0 Å². The zero-order valence-corrected chi connectivity index (χ0v) is 20.7. The number of rotatable bonds is 5. The first kappa shape index (κ1) is 23.3. The summed E-state index contributed by atoms with van der Waals surface area (Å²) < 4.78 is 0. The molecule has 1 saturated heterocycles. The molecule has 2 heterocycles. The van der Waals surface area contributed by atoms with Gasteiger partial charge in [-0.25, -0.2) is 0 Å². The van der Waals surface area contributed by atoms with Crippen molar-refractivity contribution in [2.75, 3.05) is 10.2 Å². The molecular weight excluding hydrogens is 499 g/mol. The molecule has 1 fully saturated rings. The van der Waals surface area contributed by atoms with E-state index in [0.29, 0.717) is 15.2 Å². The Kier molecular flexibility index (Phi) is 6.68. The van der Waals surface area contributed by atoms with Gasteiger partial charge in [0.2, 0.25) is 0 Å². The van der Waals surface area contributed by atoms with Gasteiger partial charge in [-0.2, -0.15) is 0 Å². The number of anilines is 2. The number of aromatic nitrogens is 1. The molecule has 35 heavy (non-hydrogen) atoms. The van der Waals surface area contributed by atoms with Gasteiger partial charge in [-0.15, -0.1) is 0 Å². The fraction of sp³-hybridized carbons (Fsp3) is 0.0741. The van der Waals surface area contributed by atoms with Crippen molar-refractivity contribution >= 4 is 74.8 Å². The van der Waals surface area contributed by atoms with E-state index in [-0.39, 0.29) is 11.9 Å². The number of fused-ring (bicyclic) bond motifs is 1. The van der Waals surface area contributed by atoms with Crippen molar-refractivity contribution in [2.24, 2.45) is 0 Å². The lowest BCUT2D eigenvalue weighted by molar-refractivity contribution is -0.125. The standard InChI is InChI=1S/C27H20Cl2N4OS/c28-18-7-10-20(11-8-18)33-24(13-6-17-4-2-1-3-5-17)25(26(33)34)32-27(35)31-22-14-15-30-23-16-19(29)9-12-21(22)23/h1-16,24-25H,(H2,30,31,32,35)/b13-6+/t24-,25+/m0/s1. The summed E-state index contributed by atoms with van der Waals surface area (Å²) in [4.78, 5) is 19.3. The Morgan fingerprint density at radius 2 is 1.71 bits per heavy atom. The normalized spacial score (nSPS) is 17.4. The van der Waals surface area contributed by atoms with Crippen LogP contribution < -0.4 is 15.5 Å². The molecule has 3 aromatic carbocycles. The molecule has 8 heteroatoms. The van der Waals surface area contributed by atoms with Crippen molar-refractivity contribution in [2.45, 2.75) is 12.1 Å². The number of β-lactam (4-membered cyclic amide) rings is 1. The third kappa shape index (κ3) is 5.00. The number of nitrogens with zero attached hydrogens (tertiary/aromatic N) is 2. The number of carbonyl (C=O) groups excluding carboxylic acids is 1. The smallest absolute Gasteiger partial charge is 0.252 e. The van der Waals surface area contributed by atoms with Gasteiger partial charge in [0.25, 0.3) is 5.91 Å². The average molecular weight is 519 g/mol. The molecule has 4 aromatic rings. The van der Waals surface area contributed by atoms with E-state index in [2.05, 4.69) is 15.6 Å². The summed E-state index contributed by atoms with van der Waals surface area (Å²) in [5.41, 5.74) is 3.35. The quantitative estimate of drug-likeness (QED) is 0.239. The lowest BCUT2D eigenvalue weighted by Gasteiger charge is -2.46. The number of hydrogen-bond donors (Lipinski definition) is 2. The van der Waals surface area contributed by atoms with Gasteiger partial charge in [0.1, 0.15) is 6.04 Å². The van der Waals surface area contributed by atoms with Crippen molar-refractivity contribution in [3.63, 3.8) is 0 Å². The minimum atomic E-state index is -0.520. The number of carbonyl (C=O) groups is 1. The number of amides is 1. The van der Waals surface area contributed by atoms with Gasteiger partial charge in [-0.3, -0.25) is 9.78 Å². The molecule has 0 aliphatic carbocycles. The Hall–Kier alpha value is -3.45. The van der Waals surface area contributed by atoms with Gasteiger partial charge < -0.3 is 15.5 Å². The minimum Gasteiger partial charge on any atom is -0.349 e. The Morgan fingerprint density at radius 1 is 0.971 bits per heavy atom. The third-order valence-corrected chi connectivity index (χ3v) is 6.48. The largest absolute Gasteiger partial charge is 0.349 e. The molecule has 5 nitrogen and oxygen atoms in total. The van der Waals surface area contributed by atoms with E-state index >= 15 is 0 Å². The molecule has 0 radical (unpaired) electrons. The topological polar surface area (TPSA) is 57.3 Å². The van der Waals surface area contributed by atoms with Crippen LogP contribution >= 0.6 is 35.4 Å². The Labute approximate surface area is 218 Å². The fourth-order valence-corrected chi connectivity index (χ4v) is 4.59. The fourth-order valence-electron chi connectivity index (χ4n) is 4.06. The van der Waals surface area contributed by atoms with Crippen LogP contribution in [0.15, 0.2) is 91.1 Å². The summed E-state index contributed by atoms with van der Waals surface area (Å²) in [5.74, 6) is -0.0782. The number of hydrogen-bond acceptors (Lipinski definition) is 3. The summed E-state index contributed by atoms with van der Waals surface area (Å²) in [5, 5.41) is 8.85. The summed E-state index contributed by atoms with van der Waals surface area (Å²) in [7, 11) is 0. The monoisotopic (exact) mass is 518 g/mol. The highest BCUT2D eigenvalue weighted by Crippen LogP contribution is 2.31. The summed E-state index contributed by atoms with van der Waals surface area (Å²) >= 11 is 17.7. The lowest BCUT2D eigenvalue weighted by Crippen LogP contribution is -2.70. The summed E-state index contributed by atoms with van der Waals surface area (Å²) in [6.45, 7) is 0. The highest BCUT2D eigenvalue weighted by atomic mass is 35.5. The molecule has 2 N–H and O–H groups in total. The van der Waals surface area contributed by atoms with Crippen LogP contribution in [0.25, 0.3) is 17.0 Å². The molecule has 0 unspecified atom stereocenters. The second kappa shape index (κ2) is 10.0. The van der Waals surface area contributed by atoms with Crippen molar-refractivity contribution in [1.29, 1.82) is 0 Å². The van der Waals surface area contributed by atoms with Crippen molar-refractivity contribution in [3.05, 3.63) is 107 Å². The molecule has 174 valence electrons. The number of thiocarbonyl (C=S) groups is 1. The van der Waals surface area contributed by atoms with Crippen LogP contribution in [-0.2, 0) is 4.79 Å². The van der Waals surface area contributed by atoms with Crippen LogP contribution in [0.4, 0.5) is 11.4 Å². The first-order valence-corrected chi connectivity index (χ1v) is 12.1. The molecule has 5 rings (SSSR count). The molecule has 2 atom stereocenters. The van der Waals surface area contributed by atoms with Gasteiger partial charge in [0, 0.05) is 27.3 Å². The molecule has 1 aromatic heterocycles. The maximum atomic E-state index is 13.2. The van der Waals surface area contributed by atoms with Crippen LogP contribution in [0.3, 0.4) is 0 Å². The molecule has 0 saturated carbocycles. The maximum Gasteiger partial charge on any atom is 0.252 e. The average Bonchev–Trinajstić information content (AvgIpc) is 2.86. The minimum absolute atomic E-state index is 0.0782. The van der Waals surface area contributed by atoms with Crippen molar-refractivity contribution in [1.82, 2.24) is 10.3 Å². The van der Waals surface area contributed by atoms with Crippen LogP contribution in [-0.4, -0.2) is 28.1 Å². The molecule has 0 bridgehead atoms. The van der Waals surface area contributed by atoms with Gasteiger partial charge in [-0.1, -0.05) is 65.7 Å². The van der Waals surface area contributed by atoms with Gasteiger partial charge in [0.15, 0.2) is 5.11 Å². The molecule has 0 spiro atoms. The van der Waals surface area contributed by atoms with Crippen LogP contribution in [0.1, 0.15) is 5.56 Å². The van der Waals surface area contributed by atoms with Gasteiger partial charge in [0.05, 0.1) is 17.2 Å². The van der Waals surface area contributed by atoms with Crippen LogP contribution in [0, 0.1) is 0 Å². The first-order valence-electron chi connectivity index (χ1n) is 10.9. The Balaban J connectivity index is 1.37. The number of benzene rings is 3. The Bertz CT molecular complexity index is 1430. The van der Waals surface area contributed by atoms with Gasteiger partial charge in [-0.05, 0) is 66.3 Å². The van der Waals surface area contributed by atoms with E-state index < -0.39 is 6.04 Å². The number of halogens is 2. The van der Waals surface area contributed by atoms with E-state index in [0.717, 1.165) is 27.8 Å². The van der Waals surface area contributed by atoms with E-state index in [9.17, 15) is 4.79 Å². The predicted octanol–water partition coefficient (Wildman–Crippen LogP) is 6.33. The summed E-state index contributed by atoms with van der Waals surface area (Å²) in [6.07, 6.45) is 5.70. The highest BCUT2D eigenvalue weighted by Gasteiger charge is 2.47. The van der Waals surface area contributed by atoms with E-state index in [1.54, 1.807) is 35.4 Å². The van der Waals surface area contributed by atoms with Crippen LogP contribution in [0.5, 0.6) is 0 Å². The van der Waals surface area contributed by atoms with E-state index in [4.69, 9.17) is 35.4 Å². The Morgan fingerprint density at radius 3 is 2.49 bits per heavy atom. The highest BCUT2D eigenvalue weighted by molar-refractivity contribution is 7.80. The predicted molar refractivity (Wildman–Crippen MR) is 148 cm³/mol. The molecule has 1 amide bonds. The second-order valence-corrected chi connectivity index (χ2v) is 9.32. The zero-order chi connectivity index (χ0) is 24.4. The number of nitrogens with one attached hydrogen (secondary N) is 2. The SMILES string of the molecule is O=C1[C@H](NC(=S)Nc2ccnc3cc(Cl)ccc23)[C@H](/C=C/c2ccccc2)N1c1ccc(Cl)cc1. The van der Waals surface area contributed by atoms with Crippen LogP contribution in [0.2, 0.25) is 10.0 Å². The van der Waals surface area contributed by atoms with Gasteiger partial charge >= 0.3 is 0 Å². The first-order chi connectivity index (χ1) is 17.0. The lowest BCUT2D eigenvalue weighted by atomic mass is 9.92. The molecule has 1 aliphatic rings. The third-order valence-electron chi connectivity index (χ3n) is 5.77.